The average Bonchev–Trinajstić information content (AvgIpc) is 2.88. The number of anilines is 1. The fourth-order valence-electron chi connectivity index (χ4n) is 4.46. The zero-order chi connectivity index (χ0) is 25.7. The summed E-state index contributed by atoms with van der Waals surface area (Å²) in [7, 11) is 0. The molecule has 2 aromatic carbocycles. The largest absolute Gasteiger partial charge is 0.352 e. The highest BCUT2D eigenvalue weighted by Crippen LogP contribution is 2.20. The quantitative estimate of drug-likeness (QED) is 0.502. The zero-order valence-corrected chi connectivity index (χ0v) is 21.6. The van der Waals surface area contributed by atoms with Crippen molar-refractivity contribution in [2.24, 2.45) is 5.92 Å². The summed E-state index contributed by atoms with van der Waals surface area (Å²) in [6.45, 7) is 11.3. The van der Waals surface area contributed by atoms with E-state index in [0.717, 1.165) is 22.6 Å². The fourth-order valence-corrected chi connectivity index (χ4v) is 4.46. The lowest BCUT2D eigenvalue weighted by molar-refractivity contribution is -0.132. The van der Waals surface area contributed by atoms with Crippen molar-refractivity contribution >= 4 is 17.6 Å². The number of aryl methyl sites for hydroxylation is 2. The summed E-state index contributed by atoms with van der Waals surface area (Å²) >= 11 is 0. The Hall–Kier alpha value is -3.74. The predicted molar refractivity (Wildman–Crippen MR) is 143 cm³/mol. The molecule has 0 saturated carbocycles. The molecule has 36 heavy (non-hydrogen) atoms. The summed E-state index contributed by atoms with van der Waals surface area (Å²) in [4.78, 5) is 32.1. The first-order valence-electron chi connectivity index (χ1n) is 12.6. The molecule has 0 bridgehead atoms. The Morgan fingerprint density at radius 1 is 0.889 bits per heavy atom. The number of benzene rings is 2. The summed E-state index contributed by atoms with van der Waals surface area (Å²) in [5, 5.41) is 8.85. The molecule has 0 unspecified atom stereocenters. The van der Waals surface area contributed by atoms with E-state index in [-0.39, 0.29) is 24.3 Å². The molecule has 188 valence electrons. The van der Waals surface area contributed by atoms with Gasteiger partial charge in [-0.3, -0.25) is 9.59 Å². The number of carbonyl (C=O) groups is 2. The van der Waals surface area contributed by atoms with Crippen molar-refractivity contribution in [1.82, 2.24) is 20.0 Å². The van der Waals surface area contributed by atoms with Crippen LogP contribution in [0.4, 0.5) is 5.82 Å². The lowest BCUT2D eigenvalue weighted by atomic mass is 10.1. The van der Waals surface area contributed by atoms with Crippen molar-refractivity contribution in [2.45, 2.75) is 27.7 Å². The molecule has 2 amide bonds. The Kier molecular flexibility index (Phi) is 7.98. The minimum atomic E-state index is -0.0854. The van der Waals surface area contributed by atoms with Crippen LogP contribution in [0.15, 0.2) is 60.7 Å². The number of rotatable bonds is 7. The third-order valence-electron chi connectivity index (χ3n) is 6.53. The molecule has 2 heterocycles. The van der Waals surface area contributed by atoms with Gasteiger partial charge in [-0.05, 0) is 43.5 Å². The third kappa shape index (κ3) is 6.08. The van der Waals surface area contributed by atoms with Gasteiger partial charge < -0.3 is 14.7 Å². The topological polar surface area (TPSA) is 69.6 Å². The highest BCUT2D eigenvalue weighted by Gasteiger charge is 2.26. The van der Waals surface area contributed by atoms with Gasteiger partial charge in [-0.2, -0.15) is 0 Å². The van der Waals surface area contributed by atoms with Crippen molar-refractivity contribution in [2.75, 3.05) is 44.2 Å². The van der Waals surface area contributed by atoms with Gasteiger partial charge in [-0.25, -0.2) is 0 Å². The van der Waals surface area contributed by atoms with Gasteiger partial charge in [-0.1, -0.05) is 61.9 Å². The molecule has 1 aliphatic rings. The van der Waals surface area contributed by atoms with Crippen LogP contribution in [-0.2, 0) is 4.79 Å². The highest BCUT2D eigenvalue weighted by molar-refractivity contribution is 5.97. The first kappa shape index (κ1) is 25.4. The van der Waals surface area contributed by atoms with Crippen LogP contribution in [0.2, 0.25) is 0 Å². The molecule has 3 aromatic rings. The smallest absolute Gasteiger partial charge is 0.254 e. The standard InChI is InChI=1S/C29H35N5O2/c1-21(2)19-34(29(36)25-8-6-5-7-23(25)4)20-28(35)33-17-15-32(16-18-33)27-14-13-26(30-31-27)24-11-9-22(3)10-12-24/h5-14,21H,15-20H2,1-4H3. The molecule has 0 atom stereocenters. The second-order valence-electron chi connectivity index (χ2n) is 9.91. The number of carbonyl (C=O) groups excluding carboxylic acids is 2. The third-order valence-corrected chi connectivity index (χ3v) is 6.53. The van der Waals surface area contributed by atoms with E-state index in [1.165, 1.54) is 5.56 Å². The predicted octanol–water partition coefficient (Wildman–Crippen LogP) is 4.21. The van der Waals surface area contributed by atoms with E-state index in [0.29, 0.717) is 38.3 Å². The molecule has 1 aliphatic heterocycles. The number of hydrogen-bond acceptors (Lipinski definition) is 5. The van der Waals surface area contributed by atoms with Crippen molar-refractivity contribution < 1.29 is 9.59 Å². The molecule has 1 saturated heterocycles. The highest BCUT2D eigenvalue weighted by atomic mass is 16.2. The van der Waals surface area contributed by atoms with E-state index in [4.69, 9.17) is 0 Å². The van der Waals surface area contributed by atoms with E-state index in [9.17, 15) is 9.59 Å². The molecule has 0 radical (unpaired) electrons. The van der Waals surface area contributed by atoms with Crippen molar-refractivity contribution in [3.05, 3.63) is 77.4 Å². The van der Waals surface area contributed by atoms with Gasteiger partial charge in [0.2, 0.25) is 5.91 Å². The fraction of sp³-hybridized carbons (Fsp3) is 0.379. The summed E-state index contributed by atoms with van der Waals surface area (Å²) in [6, 6.07) is 19.8. The number of amides is 2. The Balaban J connectivity index is 1.36. The van der Waals surface area contributed by atoms with Crippen molar-refractivity contribution in [3.8, 4) is 11.3 Å². The Morgan fingerprint density at radius 3 is 2.19 bits per heavy atom. The Bertz CT molecular complexity index is 1180. The summed E-state index contributed by atoms with van der Waals surface area (Å²) in [6.07, 6.45) is 0. The van der Waals surface area contributed by atoms with Crippen molar-refractivity contribution in [3.63, 3.8) is 0 Å². The molecular weight excluding hydrogens is 450 g/mol. The van der Waals surface area contributed by atoms with Gasteiger partial charge in [0.1, 0.15) is 6.54 Å². The van der Waals surface area contributed by atoms with Gasteiger partial charge in [0.05, 0.1) is 5.69 Å². The van der Waals surface area contributed by atoms with Crippen LogP contribution >= 0.6 is 0 Å². The van der Waals surface area contributed by atoms with E-state index in [1.807, 2.05) is 48.2 Å². The Morgan fingerprint density at radius 2 is 1.58 bits per heavy atom. The van der Waals surface area contributed by atoms with Gasteiger partial charge in [-0.15, -0.1) is 10.2 Å². The lowest BCUT2D eigenvalue weighted by Crippen LogP contribution is -2.52. The normalized spacial score (nSPS) is 13.7. The number of piperazine rings is 1. The first-order chi connectivity index (χ1) is 17.3. The van der Waals surface area contributed by atoms with E-state index >= 15 is 0 Å². The monoisotopic (exact) mass is 485 g/mol. The van der Waals surface area contributed by atoms with Crippen LogP contribution in [0.1, 0.15) is 35.3 Å². The molecule has 7 nitrogen and oxygen atoms in total. The van der Waals surface area contributed by atoms with Crippen LogP contribution in [0, 0.1) is 19.8 Å². The maximum absolute atomic E-state index is 13.2. The average molecular weight is 486 g/mol. The molecule has 4 rings (SSSR count). The van der Waals surface area contributed by atoms with Gasteiger partial charge in [0.15, 0.2) is 5.82 Å². The van der Waals surface area contributed by atoms with Gasteiger partial charge >= 0.3 is 0 Å². The van der Waals surface area contributed by atoms with Crippen LogP contribution in [0.25, 0.3) is 11.3 Å². The second kappa shape index (κ2) is 11.3. The SMILES string of the molecule is Cc1ccc(-c2ccc(N3CCN(C(=O)CN(CC(C)C)C(=O)c4ccccc4C)CC3)nn2)cc1. The van der Waals surface area contributed by atoms with Crippen molar-refractivity contribution in [1.29, 1.82) is 0 Å². The molecule has 0 N–H and O–H groups in total. The van der Waals surface area contributed by atoms with E-state index < -0.39 is 0 Å². The molecule has 0 spiro atoms. The molecule has 1 aromatic heterocycles. The first-order valence-corrected chi connectivity index (χ1v) is 12.6. The number of hydrogen-bond donors (Lipinski definition) is 0. The summed E-state index contributed by atoms with van der Waals surface area (Å²) in [5.41, 5.74) is 4.68. The summed E-state index contributed by atoms with van der Waals surface area (Å²) < 4.78 is 0. The van der Waals surface area contributed by atoms with E-state index in [2.05, 4.69) is 60.1 Å². The number of aromatic nitrogens is 2. The maximum Gasteiger partial charge on any atom is 0.254 e. The van der Waals surface area contributed by atoms with Gasteiger partial charge in [0.25, 0.3) is 5.91 Å². The van der Waals surface area contributed by atoms with Gasteiger partial charge in [0, 0.05) is 43.9 Å². The van der Waals surface area contributed by atoms with Crippen LogP contribution in [-0.4, -0.2) is 71.1 Å². The van der Waals surface area contributed by atoms with Crippen LogP contribution < -0.4 is 4.90 Å². The Labute approximate surface area is 213 Å². The van der Waals surface area contributed by atoms with E-state index in [1.54, 1.807) is 4.90 Å². The maximum atomic E-state index is 13.2. The molecule has 0 aliphatic carbocycles. The molecule has 1 fully saturated rings. The molecule has 7 heteroatoms. The molecular formula is C29H35N5O2. The zero-order valence-electron chi connectivity index (χ0n) is 21.6. The second-order valence-corrected chi connectivity index (χ2v) is 9.91. The minimum Gasteiger partial charge on any atom is -0.352 e. The lowest BCUT2D eigenvalue weighted by Gasteiger charge is -2.36. The summed E-state index contributed by atoms with van der Waals surface area (Å²) in [5.74, 6) is 0.981. The number of nitrogens with zero attached hydrogens (tertiary/aromatic N) is 5. The van der Waals surface area contributed by atoms with Crippen LogP contribution in [0.5, 0.6) is 0 Å². The van der Waals surface area contributed by atoms with Crippen LogP contribution in [0.3, 0.4) is 0 Å². The minimum absolute atomic E-state index is 0.0157.